The molecule has 2 unspecified atom stereocenters. The smallest absolute Gasteiger partial charge is 0.419 e. The number of carboxylic acid groups (broad SMARTS) is 1. The second kappa shape index (κ2) is 5.74. The Balaban J connectivity index is 2.00. The van der Waals surface area contributed by atoms with Gasteiger partial charge in [-0.3, -0.25) is 0 Å². The molecule has 1 fully saturated rings. The molecule has 1 aliphatic heterocycles. The van der Waals surface area contributed by atoms with E-state index in [1.807, 2.05) is 6.92 Å². The molecule has 0 aliphatic carbocycles. The number of halogens is 3. The fraction of sp³-hybridized carbons (Fsp3) is 0.583. The van der Waals surface area contributed by atoms with Crippen LogP contribution in [-0.4, -0.2) is 44.7 Å². The normalized spacial score (nSPS) is 23.0. The van der Waals surface area contributed by atoms with Crippen LogP contribution < -0.4 is 5.32 Å². The monoisotopic (exact) mass is 304 g/mol. The molecule has 6 nitrogen and oxygen atoms in total. The summed E-state index contributed by atoms with van der Waals surface area (Å²) >= 11 is 0. The molecule has 1 aromatic rings. The quantitative estimate of drug-likeness (QED) is 0.877. The zero-order valence-corrected chi connectivity index (χ0v) is 11.3. The second-order valence-electron chi connectivity index (χ2n) is 5.00. The van der Waals surface area contributed by atoms with Gasteiger partial charge in [0.25, 0.3) is 0 Å². The second-order valence-corrected chi connectivity index (χ2v) is 5.00. The van der Waals surface area contributed by atoms with Crippen LogP contribution in [0.4, 0.5) is 23.9 Å². The van der Waals surface area contributed by atoms with E-state index in [0.29, 0.717) is 25.2 Å². The number of alkyl halides is 3. The Hall–Kier alpha value is -2.06. The van der Waals surface area contributed by atoms with E-state index in [-0.39, 0.29) is 24.6 Å². The number of amides is 1. The van der Waals surface area contributed by atoms with Crippen LogP contribution in [0, 0.1) is 0 Å². The average molecular weight is 304 g/mol. The first-order valence-corrected chi connectivity index (χ1v) is 6.42. The molecule has 9 heteroatoms. The van der Waals surface area contributed by atoms with Crippen LogP contribution in [0.5, 0.6) is 0 Å². The summed E-state index contributed by atoms with van der Waals surface area (Å²) in [4.78, 5) is 19.6. The minimum Gasteiger partial charge on any atom is -0.465 e. The Bertz CT molecular complexity index is 506. The fourth-order valence-electron chi connectivity index (χ4n) is 2.22. The van der Waals surface area contributed by atoms with Crippen molar-refractivity contribution in [2.75, 3.05) is 11.9 Å². The topological polar surface area (TPSA) is 78.4 Å². The van der Waals surface area contributed by atoms with Gasteiger partial charge in [0.2, 0.25) is 5.95 Å². The number of likely N-dealkylation sites (tertiary alicyclic amines) is 1. The number of nitrogens with one attached hydrogen (secondary N) is 1. The Labute approximate surface area is 119 Å². The van der Waals surface area contributed by atoms with Gasteiger partial charge in [-0.05, 0) is 19.8 Å². The van der Waals surface area contributed by atoms with Crippen molar-refractivity contribution in [3.63, 3.8) is 0 Å². The van der Waals surface area contributed by atoms with Crippen LogP contribution in [0.1, 0.15) is 25.3 Å². The number of rotatable bonds is 2. The van der Waals surface area contributed by atoms with Crippen LogP contribution >= 0.6 is 0 Å². The predicted octanol–water partition coefficient (Wildman–Crippen LogP) is 2.44. The highest BCUT2D eigenvalue weighted by Gasteiger charge is 2.32. The van der Waals surface area contributed by atoms with Crippen LogP contribution in [0.15, 0.2) is 12.4 Å². The molecule has 116 valence electrons. The van der Waals surface area contributed by atoms with Gasteiger partial charge in [-0.2, -0.15) is 13.2 Å². The molecule has 0 saturated carbocycles. The first-order chi connectivity index (χ1) is 9.77. The van der Waals surface area contributed by atoms with Gasteiger partial charge in [0.15, 0.2) is 0 Å². The van der Waals surface area contributed by atoms with Gasteiger partial charge >= 0.3 is 12.3 Å². The third kappa shape index (κ3) is 3.73. The van der Waals surface area contributed by atoms with Gasteiger partial charge in [0, 0.05) is 31.0 Å². The zero-order valence-electron chi connectivity index (χ0n) is 11.3. The van der Waals surface area contributed by atoms with E-state index in [0.717, 1.165) is 0 Å². The molecule has 0 bridgehead atoms. The molecule has 2 N–H and O–H groups in total. The molecule has 1 aromatic heterocycles. The maximum atomic E-state index is 12.4. The van der Waals surface area contributed by atoms with Gasteiger partial charge in [-0.25, -0.2) is 14.8 Å². The van der Waals surface area contributed by atoms with Crippen molar-refractivity contribution < 1.29 is 23.1 Å². The SMILES string of the molecule is CC1CCC(Nc2ncc(C(F)(F)F)cn2)CN1C(=O)O. The number of hydrogen-bond acceptors (Lipinski definition) is 4. The number of carbonyl (C=O) groups is 1. The summed E-state index contributed by atoms with van der Waals surface area (Å²) in [5.41, 5.74) is -0.919. The summed E-state index contributed by atoms with van der Waals surface area (Å²) in [7, 11) is 0. The lowest BCUT2D eigenvalue weighted by molar-refractivity contribution is -0.138. The summed E-state index contributed by atoms with van der Waals surface area (Å²) in [5, 5.41) is 11.9. The fourth-order valence-corrected chi connectivity index (χ4v) is 2.22. The van der Waals surface area contributed by atoms with Crippen molar-refractivity contribution in [3.05, 3.63) is 18.0 Å². The van der Waals surface area contributed by atoms with Crippen LogP contribution in [0.3, 0.4) is 0 Å². The maximum absolute atomic E-state index is 12.4. The van der Waals surface area contributed by atoms with E-state index in [2.05, 4.69) is 15.3 Å². The van der Waals surface area contributed by atoms with Gasteiger partial charge < -0.3 is 15.3 Å². The standard InChI is InChI=1S/C12H15F3N4O2/c1-7-2-3-9(6-19(7)11(20)21)18-10-16-4-8(5-17-10)12(13,14)15/h4-5,7,9H,2-3,6H2,1H3,(H,20,21)(H,16,17,18). The average Bonchev–Trinajstić information content (AvgIpc) is 2.40. The van der Waals surface area contributed by atoms with Gasteiger partial charge in [0.05, 0.1) is 5.56 Å². The number of aromatic nitrogens is 2. The van der Waals surface area contributed by atoms with E-state index < -0.39 is 17.8 Å². The zero-order chi connectivity index (χ0) is 15.6. The van der Waals surface area contributed by atoms with E-state index in [1.165, 1.54) is 4.90 Å². The highest BCUT2D eigenvalue weighted by Crippen LogP contribution is 2.28. The van der Waals surface area contributed by atoms with Gasteiger partial charge in [-0.1, -0.05) is 0 Å². The highest BCUT2D eigenvalue weighted by molar-refractivity contribution is 5.65. The Morgan fingerprint density at radius 2 is 2.00 bits per heavy atom. The number of anilines is 1. The summed E-state index contributed by atoms with van der Waals surface area (Å²) in [5.74, 6) is 0.0629. The predicted molar refractivity (Wildman–Crippen MR) is 67.9 cm³/mol. The Morgan fingerprint density at radius 3 is 2.52 bits per heavy atom. The molecule has 1 amide bonds. The van der Waals surface area contributed by atoms with Crippen molar-refractivity contribution in [2.24, 2.45) is 0 Å². The lowest BCUT2D eigenvalue weighted by Crippen LogP contribution is -2.49. The van der Waals surface area contributed by atoms with Crippen LogP contribution in [0.25, 0.3) is 0 Å². The Morgan fingerprint density at radius 1 is 1.38 bits per heavy atom. The molecular formula is C12H15F3N4O2. The molecule has 0 aromatic carbocycles. The van der Waals surface area contributed by atoms with Crippen LogP contribution in [0.2, 0.25) is 0 Å². The summed E-state index contributed by atoms with van der Waals surface area (Å²) < 4.78 is 37.2. The lowest BCUT2D eigenvalue weighted by atomic mass is 10.00. The summed E-state index contributed by atoms with van der Waals surface area (Å²) in [6.07, 6.45) is -2.70. The molecular weight excluding hydrogens is 289 g/mol. The van der Waals surface area contributed by atoms with E-state index in [9.17, 15) is 18.0 Å². The first-order valence-electron chi connectivity index (χ1n) is 6.42. The number of hydrogen-bond donors (Lipinski definition) is 2. The summed E-state index contributed by atoms with van der Waals surface area (Å²) in [6, 6.07) is -0.289. The molecule has 0 radical (unpaired) electrons. The third-order valence-electron chi connectivity index (χ3n) is 3.44. The molecule has 21 heavy (non-hydrogen) atoms. The van der Waals surface area contributed by atoms with Gasteiger partial charge in [0.1, 0.15) is 0 Å². The van der Waals surface area contributed by atoms with Crippen LogP contribution in [-0.2, 0) is 6.18 Å². The number of piperidine rings is 1. The molecule has 2 heterocycles. The number of nitrogens with zero attached hydrogens (tertiary/aromatic N) is 3. The highest BCUT2D eigenvalue weighted by atomic mass is 19.4. The van der Waals surface area contributed by atoms with Crippen molar-refractivity contribution >= 4 is 12.0 Å². The maximum Gasteiger partial charge on any atom is 0.419 e. The van der Waals surface area contributed by atoms with E-state index in [1.54, 1.807) is 0 Å². The van der Waals surface area contributed by atoms with Gasteiger partial charge in [-0.15, -0.1) is 0 Å². The third-order valence-corrected chi connectivity index (χ3v) is 3.44. The molecule has 1 saturated heterocycles. The van der Waals surface area contributed by atoms with E-state index in [4.69, 9.17) is 5.11 Å². The minimum atomic E-state index is -4.47. The first kappa shape index (κ1) is 15.3. The Kier molecular flexibility index (Phi) is 4.19. The molecule has 0 spiro atoms. The molecule has 2 atom stereocenters. The molecule has 1 aliphatic rings. The molecule has 2 rings (SSSR count). The van der Waals surface area contributed by atoms with Crippen molar-refractivity contribution in [1.29, 1.82) is 0 Å². The van der Waals surface area contributed by atoms with Crippen molar-refractivity contribution in [1.82, 2.24) is 14.9 Å². The lowest BCUT2D eigenvalue weighted by Gasteiger charge is -2.36. The summed E-state index contributed by atoms with van der Waals surface area (Å²) in [6.45, 7) is 2.07. The van der Waals surface area contributed by atoms with E-state index >= 15 is 0 Å². The van der Waals surface area contributed by atoms with Crippen molar-refractivity contribution in [2.45, 2.75) is 38.0 Å². The largest absolute Gasteiger partial charge is 0.465 e. The minimum absolute atomic E-state index is 0.0629. The van der Waals surface area contributed by atoms with Crippen molar-refractivity contribution in [3.8, 4) is 0 Å².